The standard InChI is InChI=1S/C12H14O3/c1-7-6-15-11-4-3-9(5-10(7)11)8(2)12(13)14/h3-5,7-8H,6H2,1-2H3,(H,13,14). The monoisotopic (exact) mass is 206 g/mol. The molecule has 0 fully saturated rings. The highest BCUT2D eigenvalue weighted by atomic mass is 16.5. The first-order valence-electron chi connectivity index (χ1n) is 5.09. The molecule has 80 valence electrons. The van der Waals surface area contributed by atoms with Crippen LogP contribution in [0.5, 0.6) is 5.75 Å². The maximum absolute atomic E-state index is 10.9. The Bertz CT molecular complexity index is 398. The summed E-state index contributed by atoms with van der Waals surface area (Å²) in [5, 5.41) is 8.92. The van der Waals surface area contributed by atoms with Gasteiger partial charge in [-0.25, -0.2) is 0 Å². The Morgan fingerprint density at radius 1 is 1.60 bits per heavy atom. The van der Waals surface area contributed by atoms with Crippen LogP contribution >= 0.6 is 0 Å². The van der Waals surface area contributed by atoms with E-state index in [0.29, 0.717) is 12.5 Å². The molecular weight excluding hydrogens is 192 g/mol. The Morgan fingerprint density at radius 3 is 3.00 bits per heavy atom. The SMILES string of the molecule is CC1COc2ccc(C(C)C(=O)O)cc21. The van der Waals surface area contributed by atoms with Crippen molar-refractivity contribution in [2.24, 2.45) is 0 Å². The molecule has 0 spiro atoms. The number of aliphatic carboxylic acids is 1. The summed E-state index contributed by atoms with van der Waals surface area (Å²) < 4.78 is 5.46. The fraction of sp³-hybridized carbons (Fsp3) is 0.417. The molecule has 1 aliphatic rings. The summed E-state index contributed by atoms with van der Waals surface area (Å²) in [4.78, 5) is 10.9. The number of fused-ring (bicyclic) bond motifs is 1. The summed E-state index contributed by atoms with van der Waals surface area (Å²) in [7, 11) is 0. The first-order valence-corrected chi connectivity index (χ1v) is 5.09. The van der Waals surface area contributed by atoms with Crippen LogP contribution in [-0.2, 0) is 4.79 Å². The van der Waals surface area contributed by atoms with E-state index in [1.807, 2.05) is 18.2 Å². The molecule has 1 aliphatic heterocycles. The van der Waals surface area contributed by atoms with Crippen molar-refractivity contribution in [3.63, 3.8) is 0 Å². The van der Waals surface area contributed by atoms with E-state index < -0.39 is 11.9 Å². The number of carbonyl (C=O) groups is 1. The molecule has 0 bridgehead atoms. The summed E-state index contributed by atoms with van der Waals surface area (Å²) in [5.74, 6) is 0.00871. The van der Waals surface area contributed by atoms with Crippen LogP contribution in [0.3, 0.4) is 0 Å². The molecule has 2 atom stereocenters. The zero-order chi connectivity index (χ0) is 11.0. The number of carboxylic acids is 1. The zero-order valence-electron chi connectivity index (χ0n) is 8.86. The van der Waals surface area contributed by atoms with E-state index in [9.17, 15) is 4.79 Å². The summed E-state index contributed by atoms with van der Waals surface area (Å²) in [6, 6.07) is 5.65. The van der Waals surface area contributed by atoms with Gasteiger partial charge in [0.25, 0.3) is 0 Å². The van der Waals surface area contributed by atoms with Crippen LogP contribution in [0.15, 0.2) is 18.2 Å². The largest absolute Gasteiger partial charge is 0.493 e. The van der Waals surface area contributed by atoms with Gasteiger partial charge < -0.3 is 9.84 Å². The highest BCUT2D eigenvalue weighted by Gasteiger charge is 2.22. The lowest BCUT2D eigenvalue weighted by atomic mass is 9.95. The third-order valence-electron chi connectivity index (χ3n) is 2.92. The molecule has 3 nitrogen and oxygen atoms in total. The number of hydrogen-bond acceptors (Lipinski definition) is 2. The lowest BCUT2D eigenvalue weighted by Crippen LogP contribution is -2.07. The highest BCUT2D eigenvalue weighted by Crippen LogP contribution is 2.35. The third-order valence-corrected chi connectivity index (χ3v) is 2.92. The fourth-order valence-electron chi connectivity index (χ4n) is 1.80. The van der Waals surface area contributed by atoms with E-state index in [4.69, 9.17) is 9.84 Å². The molecule has 1 heterocycles. The Kier molecular flexibility index (Phi) is 2.39. The van der Waals surface area contributed by atoms with Gasteiger partial charge in [-0.2, -0.15) is 0 Å². The van der Waals surface area contributed by atoms with E-state index in [-0.39, 0.29) is 0 Å². The second kappa shape index (κ2) is 3.57. The Balaban J connectivity index is 2.37. The highest BCUT2D eigenvalue weighted by molar-refractivity contribution is 5.75. The van der Waals surface area contributed by atoms with Gasteiger partial charge in [-0.3, -0.25) is 4.79 Å². The van der Waals surface area contributed by atoms with Gasteiger partial charge in [0, 0.05) is 11.5 Å². The molecule has 1 aromatic rings. The van der Waals surface area contributed by atoms with E-state index in [0.717, 1.165) is 16.9 Å². The fourth-order valence-corrected chi connectivity index (χ4v) is 1.80. The minimum atomic E-state index is -0.790. The molecule has 0 amide bonds. The molecule has 0 aliphatic carbocycles. The van der Waals surface area contributed by atoms with Crippen LogP contribution in [0.4, 0.5) is 0 Å². The molecule has 0 radical (unpaired) electrons. The molecule has 3 heteroatoms. The lowest BCUT2D eigenvalue weighted by molar-refractivity contribution is -0.138. The van der Waals surface area contributed by atoms with Gasteiger partial charge >= 0.3 is 5.97 Å². The van der Waals surface area contributed by atoms with Gasteiger partial charge in [-0.1, -0.05) is 19.1 Å². The molecule has 1 N–H and O–H groups in total. The van der Waals surface area contributed by atoms with Crippen LogP contribution in [0, 0.1) is 0 Å². The quantitative estimate of drug-likeness (QED) is 0.808. The van der Waals surface area contributed by atoms with Crippen molar-refractivity contribution >= 4 is 5.97 Å². The smallest absolute Gasteiger partial charge is 0.310 e. The summed E-state index contributed by atoms with van der Waals surface area (Å²) in [6.45, 7) is 4.48. The van der Waals surface area contributed by atoms with Crippen molar-refractivity contribution < 1.29 is 14.6 Å². The van der Waals surface area contributed by atoms with Crippen molar-refractivity contribution in [3.8, 4) is 5.75 Å². The van der Waals surface area contributed by atoms with E-state index in [2.05, 4.69) is 6.92 Å². The normalized spacial score (nSPS) is 20.5. The van der Waals surface area contributed by atoms with Crippen LogP contribution in [0.1, 0.15) is 36.8 Å². The summed E-state index contributed by atoms with van der Waals surface area (Å²) in [6.07, 6.45) is 0. The molecule has 15 heavy (non-hydrogen) atoms. The van der Waals surface area contributed by atoms with E-state index in [1.165, 1.54) is 0 Å². The average molecular weight is 206 g/mol. The maximum atomic E-state index is 10.9. The van der Waals surface area contributed by atoms with Crippen LogP contribution in [-0.4, -0.2) is 17.7 Å². The van der Waals surface area contributed by atoms with Crippen LogP contribution in [0.25, 0.3) is 0 Å². The van der Waals surface area contributed by atoms with Crippen molar-refractivity contribution in [1.82, 2.24) is 0 Å². The minimum Gasteiger partial charge on any atom is -0.493 e. The predicted octanol–water partition coefficient (Wildman–Crippen LogP) is 2.37. The zero-order valence-corrected chi connectivity index (χ0v) is 8.86. The number of benzene rings is 1. The second-order valence-corrected chi connectivity index (χ2v) is 4.07. The van der Waals surface area contributed by atoms with Gasteiger partial charge in [-0.15, -0.1) is 0 Å². The van der Waals surface area contributed by atoms with Gasteiger partial charge in [0.15, 0.2) is 0 Å². The number of ether oxygens (including phenoxy) is 1. The molecule has 2 rings (SSSR count). The van der Waals surface area contributed by atoms with Gasteiger partial charge in [0.05, 0.1) is 12.5 Å². The van der Waals surface area contributed by atoms with E-state index >= 15 is 0 Å². The molecule has 0 saturated heterocycles. The van der Waals surface area contributed by atoms with Gasteiger partial charge in [0.2, 0.25) is 0 Å². The van der Waals surface area contributed by atoms with Gasteiger partial charge in [0.1, 0.15) is 5.75 Å². The molecule has 0 aromatic heterocycles. The summed E-state index contributed by atoms with van der Waals surface area (Å²) in [5.41, 5.74) is 1.97. The lowest BCUT2D eigenvalue weighted by Gasteiger charge is -2.09. The summed E-state index contributed by atoms with van der Waals surface area (Å²) >= 11 is 0. The van der Waals surface area contributed by atoms with Crippen molar-refractivity contribution in [3.05, 3.63) is 29.3 Å². The average Bonchev–Trinajstić information content (AvgIpc) is 2.59. The predicted molar refractivity (Wildman–Crippen MR) is 56.4 cm³/mol. The molecule has 0 saturated carbocycles. The Hall–Kier alpha value is -1.51. The van der Waals surface area contributed by atoms with Crippen LogP contribution < -0.4 is 4.74 Å². The second-order valence-electron chi connectivity index (χ2n) is 4.07. The van der Waals surface area contributed by atoms with Crippen molar-refractivity contribution in [1.29, 1.82) is 0 Å². The van der Waals surface area contributed by atoms with Crippen molar-refractivity contribution in [2.45, 2.75) is 25.7 Å². The number of carboxylic acid groups (broad SMARTS) is 1. The Labute approximate surface area is 88.7 Å². The third kappa shape index (κ3) is 1.69. The van der Waals surface area contributed by atoms with E-state index in [1.54, 1.807) is 6.92 Å². The topological polar surface area (TPSA) is 46.5 Å². The first kappa shape index (κ1) is 10.0. The minimum absolute atomic E-state index is 0.362. The van der Waals surface area contributed by atoms with Gasteiger partial charge in [-0.05, 0) is 18.6 Å². The Morgan fingerprint density at radius 2 is 2.33 bits per heavy atom. The van der Waals surface area contributed by atoms with Crippen molar-refractivity contribution in [2.75, 3.05) is 6.61 Å². The molecule has 2 unspecified atom stereocenters. The van der Waals surface area contributed by atoms with Crippen LogP contribution in [0.2, 0.25) is 0 Å². The maximum Gasteiger partial charge on any atom is 0.310 e. The number of rotatable bonds is 2. The number of hydrogen-bond donors (Lipinski definition) is 1. The molecule has 1 aromatic carbocycles. The molecular formula is C12H14O3. The first-order chi connectivity index (χ1) is 7.09.